The van der Waals surface area contributed by atoms with Crippen LogP contribution in [0.1, 0.15) is 18.4 Å². The number of rotatable bonds is 6. The number of allylic oxidation sites excluding steroid dienone is 1. The van der Waals surface area contributed by atoms with E-state index in [1.165, 1.54) is 5.56 Å². The summed E-state index contributed by atoms with van der Waals surface area (Å²) in [5.74, 6) is -1.06. The Bertz CT molecular complexity index is 459. The van der Waals surface area contributed by atoms with Crippen LogP contribution in [0.3, 0.4) is 0 Å². The minimum Gasteiger partial charge on any atom is -0.480 e. The number of carboxylic acids is 1. The molecular formula is C14H18N2O3. The average molecular weight is 262 g/mol. The van der Waals surface area contributed by atoms with Crippen molar-refractivity contribution in [1.82, 2.24) is 5.48 Å². The van der Waals surface area contributed by atoms with Crippen LogP contribution in [0.5, 0.6) is 0 Å². The molecule has 1 heterocycles. The van der Waals surface area contributed by atoms with Crippen molar-refractivity contribution >= 4 is 5.97 Å². The fourth-order valence-corrected chi connectivity index (χ4v) is 1.99. The Hall–Kier alpha value is -1.85. The van der Waals surface area contributed by atoms with Gasteiger partial charge in [-0.1, -0.05) is 30.3 Å². The molecule has 19 heavy (non-hydrogen) atoms. The van der Waals surface area contributed by atoms with E-state index in [-0.39, 0.29) is 0 Å². The van der Waals surface area contributed by atoms with Crippen LogP contribution in [0.4, 0.5) is 0 Å². The normalized spacial score (nSPS) is 19.6. The minimum absolute atomic E-state index is 0.593. The number of hydrogen-bond donors (Lipinski definition) is 3. The molecule has 0 aromatic heterocycles. The van der Waals surface area contributed by atoms with Crippen molar-refractivity contribution in [1.29, 1.82) is 0 Å². The van der Waals surface area contributed by atoms with Gasteiger partial charge in [0.15, 0.2) is 0 Å². The van der Waals surface area contributed by atoms with Gasteiger partial charge in [0, 0.05) is 5.70 Å². The summed E-state index contributed by atoms with van der Waals surface area (Å²) in [5.41, 5.74) is 10.4. The quantitative estimate of drug-likeness (QED) is 0.717. The minimum atomic E-state index is -1.06. The molecule has 1 aliphatic heterocycles. The van der Waals surface area contributed by atoms with E-state index in [1.807, 2.05) is 18.2 Å². The van der Waals surface area contributed by atoms with Gasteiger partial charge in [-0.05, 0) is 30.9 Å². The van der Waals surface area contributed by atoms with Crippen molar-refractivity contribution in [2.24, 2.45) is 5.73 Å². The average Bonchev–Trinajstić information content (AvgIpc) is 2.88. The molecule has 2 rings (SSSR count). The third-order valence-corrected chi connectivity index (χ3v) is 3.09. The largest absolute Gasteiger partial charge is 0.480 e. The summed E-state index contributed by atoms with van der Waals surface area (Å²) in [6.45, 7) is 0. The number of carboxylic acid groups (broad SMARTS) is 1. The lowest BCUT2D eigenvalue weighted by Crippen LogP contribution is -2.41. The third kappa shape index (κ3) is 3.81. The van der Waals surface area contributed by atoms with Gasteiger partial charge >= 0.3 is 5.97 Å². The molecule has 1 aromatic carbocycles. The smallest absolute Gasteiger partial charge is 0.323 e. The lowest BCUT2D eigenvalue weighted by Gasteiger charge is -2.10. The molecule has 5 nitrogen and oxygen atoms in total. The van der Waals surface area contributed by atoms with E-state index in [2.05, 4.69) is 17.6 Å². The Morgan fingerprint density at radius 3 is 2.79 bits per heavy atom. The SMILES string of the molecule is N[C@@H](C(=O)O)[C@@H]1C=C(CCCc2ccccc2)NO1. The van der Waals surface area contributed by atoms with Crippen molar-refractivity contribution in [3.63, 3.8) is 0 Å². The van der Waals surface area contributed by atoms with Crippen LogP contribution in [0.25, 0.3) is 0 Å². The van der Waals surface area contributed by atoms with Crippen LogP contribution in [0, 0.1) is 0 Å². The highest BCUT2D eigenvalue weighted by Crippen LogP contribution is 2.15. The van der Waals surface area contributed by atoms with Crippen LogP contribution in [0.15, 0.2) is 42.1 Å². The summed E-state index contributed by atoms with van der Waals surface area (Å²) < 4.78 is 0. The fraction of sp³-hybridized carbons (Fsp3) is 0.357. The predicted molar refractivity (Wildman–Crippen MR) is 71.1 cm³/mol. The van der Waals surface area contributed by atoms with Gasteiger partial charge in [-0.15, -0.1) is 0 Å². The molecule has 0 radical (unpaired) electrons. The number of aliphatic carboxylic acids is 1. The van der Waals surface area contributed by atoms with Gasteiger partial charge in [0.1, 0.15) is 12.1 Å². The van der Waals surface area contributed by atoms with Crippen LogP contribution >= 0.6 is 0 Å². The zero-order valence-corrected chi connectivity index (χ0v) is 10.6. The molecule has 0 saturated carbocycles. The Morgan fingerprint density at radius 2 is 2.11 bits per heavy atom. The number of hydroxylamine groups is 1. The van der Waals surface area contributed by atoms with E-state index in [4.69, 9.17) is 15.7 Å². The van der Waals surface area contributed by atoms with Gasteiger partial charge in [0.05, 0.1) is 0 Å². The Balaban J connectivity index is 1.78. The zero-order chi connectivity index (χ0) is 13.7. The molecule has 0 spiro atoms. The summed E-state index contributed by atoms with van der Waals surface area (Å²) in [5, 5.41) is 8.79. The maximum absolute atomic E-state index is 10.7. The van der Waals surface area contributed by atoms with Crippen LogP contribution in [0.2, 0.25) is 0 Å². The van der Waals surface area contributed by atoms with E-state index >= 15 is 0 Å². The molecule has 1 aromatic rings. The molecule has 0 unspecified atom stereocenters. The van der Waals surface area contributed by atoms with Crippen LogP contribution in [-0.2, 0) is 16.1 Å². The fourth-order valence-electron chi connectivity index (χ4n) is 1.99. The van der Waals surface area contributed by atoms with Crippen LogP contribution in [-0.4, -0.2) is 23.2 Å². The zero-order valence-electron chi connectivity index (χ0n) is 10.6. The lowest BCUT2D eigenvalue weighted by atomic mass is 10.1. The highest BCUT2D eigenvalue weighted by Gasteiger charge is 2.27. The first-order valence-corrected chi connectivity index (χ1v) is 6.31. The second-order valence-corrected chi connectivity index (χ2v) is 4.58. The summed E-state index contributed by atoms with van der Waals surface area (Å²) >= 11 is 0. The molecule has 0 saturated heterocycles. The van der Waals surface area contributed by atoms with E-state index in [1.54, 1.807) is 6.08 Å². The molecule has 0 amide bonds. The summed E-state index contributed by atoms with van der Waals surface area (Å²) in [7, 11) is 0. The van der Waals surface area contributed by atoms with Crippen molar-refractivity contribution < 1.29 is 14.7 Å². The highest BCUT2D eigenvalue weighted by molar-refractivity contribution is 5.74. The van der Waals surface area contributed by atoms with Crippen molar-refractivity contribution in [2.75, 3.05) is 0 Å². The first-order chi connectivity index (χ1) is 9.16. The Kier molecular flexibility index (Phi) is 4.54. The molecule has 0 bridgehead atoms. The van der Waals surface area contributed by atoms with Crippen LogP contribution < -0.4 is 11.2 Å². The second kappa shape index (κ2) is 6.36. The third-order valence-electron chi connectivity index (χ3n) is 3.09. The van der Waals surface area contributed by atoms with Crippen molar-refractivity contribution in [3.8, 4) is 0 Å². The number of aryl methyl sites for hydroxylation is 1. The number of hydrogen-bond acceptors (Lipinski definition) is 4. The van der Waals surface area contributed by atoms with E-state index < -0.39 is 18.1 Å². The summed E-state index contributed by atoms with van der Waals surface area (Å²) in [6.07, 6.45) is 3.93. The molecular weight excluding hydrogens is 244 g/mol. The molecule has 4 N–H and O–H groups in total. The van der Waals surface area contributed by atoms with Crippen molar-refractivity contribution in [3.05, 3.63) is 47.7 Å². The second-order valence-electron chi connectivity index (χ2n) is 4.58. The monoisotopic (exact) mass is 262 g/mol. The maximum Gasteiger partial charge on any atom is 0.323 e. The van der Waals surface area contributed by atoms with Gasteiger partial charge in [0.25, 0.3) is 0 Å². The summed E-state index contributed by atoms with van der Waals surface area (Å²) in [4.78, 5) is 15.9. The topological polar surface area (TPSA) is 84.6 Å². The first kappa shape index (κ1) is 13.6. The molecule has 1 aliphatic rings. The van der Waals surface area contributed by atoms with Gasteiger partial charge in [-0.25, -0.2) is 0 Å². The first-order valence-electron chi connectivity index (χ1n) is 6.31. The highest BCUT2D eigenvalue weighted by atomic mass is 16.7. The Labute approximate surface area is 112 Å². The number of benzene rings is 1. The molecule has 0 aliphatic carbocycles. The lowest BCUT2D eigenvalue weighted by molar-refractivity contribution is -0.142. The number of carbonyl (C=O) groups is 1. The van der Waals surface area contributed by atoms with Crippen molar-refractivity contribution in [2.45, 2.75) is 31.4 Å². The van der Waals surface area contributed by atoms with Gasteiger partial charge < -0.3 is 10.8 Å². The molecule has 102 valence electrons. The molecule has 2 atom stereocenters. The summed E-state index contributed by atoms with van der Waals surface area (Å²) in [6, 6.07) is 9.20. The number of nitrogens with two attached hydrogens (primary N) is 1. The Morgan fingerprint density at radius 1 is 1.37 bits per heavy atom. The molecule has 0 fully saturated rings. The number of nitrogens with one attached hydrogen (secondary N) is 1. The van der Waals surface area contributed by atoms with E-state index in [0.29, 0.717) is 0 Å². The van der Waals surface area contributed by atoms with Gasteiger partial charge in [-0.2, -0.15) is 0 Å². The maximum atomic E-state index is 10.7. The van der Waals surface area contributed by atoms with E-state index in [9.17, 15) is 4.79 Å². The molecule has 5 heteroatoms. The predicted octanol–water partition coefficient (Wildman–Crippen LogP) is 1.21. The van der Waals surface area contributed by atoms with Gasteiger partial charge in [-0.3, -0.25) is 15.1 Å². The van der Waals surface area contributed by atoms with E-state index in [0.717, 1.165) is 25.0 Å². The van der Waals surface area contributed by atoms with Gasteiger partial charge in [0.2, 0.25) is 0 Å². The standard InChI is InChI=1S/C14H18N2O3/c15-13(14(17)18)12-9-11(16-19-12)8-4-7-10-5-2-1-3-6-10/h1-3,5-6,9,12-13,16H,4,7-8,15H2,(H,17,18)/t12-,13+/m0/s1.